The van der Waals surface area contributed by atoms with Crippen LogP contribution in [0.4, 0.5) is 0 Å². The number of phenolic OH excluding ortho intramolecular Hbond substituents is 1. The lowest BCUT2D eigenvalue weighted by molar-refractivity contribution is -0.140. The fourth-order valence-corrected chi connectivity index (χ4v) is 2.98. The number of hydrogen-bond acceptors (Lipinski definition) is 5. The van der Waals surface area contributed by atoms with Crippen LogP contribution in [0.25, 0.3) is 0 Å². The standard InChI is InChI=1S/C17H18O4S/c1-3-21-14-8-4-12(5-9-14)16(17(19)20-2)22-15-10-6-13(18)7-11-15/h4-11,16,18H,3H2,1-2H3. The van der Waals surface area contributed by atoms with Crippen molar-refractivity contribution < 1.29 is 19.4 Å². The molecular formula is C17H18O4S. The fourth-order valence-electron chi connectivity index (χ4n) is 1.93. The summed E-state index contributed by atoms with van der Waals surface area (Å²) in [5.41, 5.74) is 0.841. The van der Waals surface area contributed by atoms with Crippen LogP contribution in [0.2, 0.25) is 0 Å². The first-order chi connectivity index (χ1) is 10.6. The average molecular weight is 318 g/mol. The van der Waals surface area contributed by atoms with E-state index in [1.54, 1.807) is 24.3 Å². The summed E-state index contributed by atoms with van der Waals surface area (Å²) in [5.74, 6) is 0.645. The maximum Gasteiger partial charge on any atom is 0.323 e. The first-order valence-corrected chi connectivity index (χ1v) is 7.78. The lowest BCUT2D eigenvalue weighted by Gasteiger charge is -2.15. The highest BCUT2D eigenvalue weighted by Crippen LogP contribution is 2.37. The van der Waals surface area contributed by atoms with Gasteiger partial charge in [-0.1, -0.05) is 12.1 Å². The maximum absolute atomic E-state index is 12.1. The zero-order valence-corrected chi connectivity index (χ0v) is 13.3. The Kier molecular flexibility index (Phi) is 5.72. The number of rotatable bonds is 6. The van der Waals surface area contributed by atoms with Gasteiger partial charge < -0.3 is 14.6 Å². The topological polar surface area (TPSA) is 55.8 Å². The monoisotopic (exact) mass is 318 g/mol. The molecular weight excluding hydrogens is 300 g/mol. The number of ether oxygens (including phenoxy) is 2. The van der Waals surface area contributed by atoms with Gasteiger partial charge in [-0.15, -0.1) is 11.8 Å². The molecule has 0 heterocycles. The van der Waals surface area contributed by atoms with Crippen molar-refractivity contribution in [2.24, 2.45) is 0 Å². The van der Waals surface area contributed by atoms with E-state index in [1.807, 2.05) is 31.2 Å². The number of carbonyl (C=O) groups excluding carboxylic acids is 1. The number of esters is 1. The maximum atomic E-state index is 12.1. The molecule has 0 aromatic heterocycles. The van der Waals surface area contributed by atoms with E-state index in [0.29, 0.717) is 6.61 Å². The number of methoxy groups -OCH3 is 1. The van der Waals surface area contributed by atoms with Gasteiger partial charge in [0.15, 0.2) is 0 Å². The van der Waals surface area contributed by atoms with E-state index in [2.05, 4.69) is 0 Å². The summed E-state index contributed by atoms with van der Waals surface area (Å²) in [6.45, 7) is 2.52. The quantitative estimate of drug-likeness (QED) is 0.648. The molecule has 0 aliphatic rings. The zero-order valence-electron chi connectivity index (χ0n) is 12.5. The van der Waals surface area contributed by atoms with E-state index in [4.69, 9.17) is 9.47 Å². The Labute approximate surface area is 134 Å². The van der Waals surface area contributed by atoms with Crippen molar-refractivity contribution in [3.05, 3.63) is 54.1 Å². The highest BCUT2D eigenvalue weighted by atomic mass is 32.2. The summed E-state index contributed by atoms with van der Waals surface area (Å²) in [6, 6.07) is 14.1. The van der Waals surface area contributed by atoms with Gasteiger partial charge in [-0.25, -0.2) is 0 Å². The highest BCUT2D eigenvalue weighted by Gasteiger charge is 2.23. The molecule has 0 aliphatic heterocycles. The minimum absolute atomic E-state index is 0.194. The van der Waals surface area contributed by atoms with Crippen molar-refractivity contribution in [1.82, 2.24) is 0 Å². The average Bonchev–Trinajstić information content (AvgIpc) is 2.55. The molecule has 4 nitrogen and oxygen atoms in total. The zero-order chi connectivity index (χ0) is 15.9. The normalized spacial score (nSPS) is 11.7. The molecule has 2 aromatic rings. The van der Waals surface area contributed by atoms with Gasteiger partial charge in [-0.2, -0.15) is 0 Å². The molecule has 0 radical (unpaired) electrons. The first-order valence-electron chi connectivity index (χ1n) is 6.90. The summed E-state index contributed by atoms with van der Waals surface area (Å²) >= 11 is 1.38. The van der Waals surface area contributed by atoms with Gasteiger partial charge in [-0.3, -0.25) is 4.79 Å². The third kappa shape index (κ3) is 4.18. The number of aromatic hydroxyl groups is 1. The second-order valence-corrected chi connectivity index (χ2v) is 5.70. The third-order valence-electron chi connectivity index (χ3n) is 3.00. The number of thioether (sulfide) groups is 1. The molecule has 0 spiro atoms. The predicted octanol–water partition coefficient (Wildman–Crippen LogP) is 3.80. The van der Waals surface area contributed by atoms with Gasteiger partial charge in [0.25, 0.3) is 0 Å². The Morgan fingerprint density at radius 2 is 1.77 bits per heavy atom. The van der Waals surface area contributed by atoms with E-state index in [1.165, 1.54) is 18.9 Å². The van der Waals surface area contributed by atoms with Crippen LogP contribution in [0.15, 0.2) is 53.4 Å². The summed E-state index contributed by atoms with van der Waals surface area (Å²) in [4.78, 5) is 12.9. The van der Waals surface area contributed by atoms with Crippen LogP contribution in [-0.4, -0.2) is 24.8 Å². The molecule has 0 fully saturated rings. The van der Waals surface area contributed by atoms with Gasteiger partial charge in [-0.05, 0) is 48.9 Å². The highest BCUT2D eigenvalue weighted by molar-refractivity contribution is 8.00. The van der Waals surface area contributed by atoms with Gasteiger partial charge in [0.1, 0.15) is 16.7 Å². The summed E-state index contributed by atoms with van der Waals surface area (Å²) in [5, 5.41) is 8.86. The molecule has 0 bridgehead atoms. The Balaban J connectivity index is 2.21. The van der Waals surface area contributed by atoms with Crippen LogP contribution in [0, 0.1) is 0 Å². The Morgan fingerprint density at radius 3 is 2.32 bits per heavy atom. The van der Waals surface area contributed by atoms with Crippen LogP contribution >= 0.6 is 11.8 Å². The minimum Gasteiger partial charge on any atom is -0.508 e. The van der Waals surface area contributed by atoms with Crippen molar-refractivity contribution in [3.63, 3.8) is 0 Å². The van der Waals surface area contributed by atoms with Crippen LogP contribution in [0.3, 0.4) is 0 Å². The van der Waals surface area contributed by atoms with Crippen molar-refractivity contribution in [3.8, 4) is 11.5 Å². The van der Waals surface area contributed by atoms with Gasteiger partial charge in [0, 0.05) is 4.90 Å². The molecule has 1 unspecified atom stereocenters. The Morgan fingerprint density at radius 1 is 1.14 bits per heavy atom. The molecule has 1 atom stereocenters. The number of hydrogen-bond donors (Lipinski definition) is 1. The van der Waals surface area contributed by atoms with Crippen molar-refractivity contribution in [2.75, 3.05) is 13.7 Å². The van der Waals surface area contributed by atoms with Gasteiger partial charge in [0.05, 0.1) is 13.7 Å². The van der Waals surface area contributed by atoms with Crippen molar-refractivity contribution in [1.29, 1.82) is 0 Å². The van der Waals surface area contributed by atoms with Crippen LogP contribution in [0.5, 0.6) is 11.5 Å². The number of benzene rings is 2. The van der Waals surface area contributed by atoms with Crippen LogP contribution in [0.1, 0.15) is 17.7 Å². The predicted molar refractivity (Wildman–Crippen MR) is 86.3 cm³/mol. The molecule has 1 N–H and O–H groups in total. The SMILES string of the molecule is CCOc1ccc(C(Sc2ccc(O)cc2)C(=O)OC)cc1. The number of phenols is 1. The van der Waals surface area contributed by atoms with E-state index < -0.39 is 5.25 Å². The van der Waals surface area contributed by atoms with Crippen molar-refractivity contribution in [2.45, 2.75) is 17.1 Å². The second-order valence-electron chi connectivity index (χ2n) is 4.52. The van der Waals surface area contributed by atoms with Gasteiger partial charge >= 0.3 is 5.97 Å². The molecule has 116 valence electrons. The second kappa shape index (κ2) is 7.75. The van der Waals surface area contributed by atoms with E-state index >= 15 is 0 Å². The van der Waals surface area contributed by atoms with Gasteiger partial charge in [0.2, 0.25) is 0 Å². The summed E-state index contributed by atoms with van der Waals surface area (Å²) in [7, 11) is 1.38. The molecule has 0 aliphatic carbocycles. The lowest BCUT2D eigenvalue weighted by atomic mass is 10.1. The third-order valence-corrected chi connectivity index (χ3v) is 4.24. The minimum atomic E-state index is -0.467. The summed E-state index contributed by atoms with van der Waals surface area (Å²) < 4.78 is 10.3. The molecule has 0 saturated carbocycles. The van der Waals surface area contributed by atoms with E-state index in [-0.39, 0.29) is 11.7 Å². The fraction of sp³-hybridized carbons (Fsp3) is 0.235. The molecule has 2 rings (SSSR count). The molecule has 22 heavy (non-hydrogen) atoms. The van der Waals surface area contributed by atoms with Crippen molar-refractivity contribution >= 4 is 17.7 Å². The first kappa shape index (κ1) is 16.2. The van der Waals surface area contributed by atoms with E-state index in [9.17, 15) is 9.90 Å². The van der Waals surface area contributed by atoms with Crippen LogP contribution < -0.4 is 4.74 Å². The Bertz CT molecular complexity index is 608. The molecule has 2 aromatic carbocycles. The molecule has 0 amide bonds. The van der Waals surface area contributed by atoms with E-state index in [0.717, 1.165) is 16.2 Å². The summed E-state index contributed by atoms with van der Waals surface area (Å²) in [6.07, 6.45) is 0. The molecule has 5 heteroatoms. The molecule has 0 saturated heterocycles. The van der Waals surface area contributed by atoms with Crippen LogP contribution in [-0.2, 0) is 9.53 Å². The lowest BCUT2D eigenvalue weighted by Crippen LogP contribution is -2.11. The largest absolute Gasteiger partial charge is 0.508 e. The number of carbonyl (C=O) groups is 1. The smallest absolute Gasteiger partial charge is 0.323 e. The Hall–Kier alpha value is -2.14.